The first-order valence-corrected chi connectivity index (χ1v) is 14.5. The van der Waals surface area contributed by atoms with Crippen molar-refractivity contribution in [3.8, 4) is 0 Å². The van der Waals surface area contributed by atoms with Crippen LogP contribution in [0, 0.1) is 0 Å². The van der Waals surface area contributed by atoms with Crippen molar-refractivity contribution in [2.75, 3.05) is 6.61 Å². The van der Waals surface area contributed by atoms with Crippen molar-refractivity contribution in [2.45, 2.75) is 50.7 Å². The van der Waals surface area contributed by atoms with Crippen LogP contribution in [-0.2, 0) is 38.8 Å². The molecule has 0 bridgehead atoms. The molecule has 0 unspecified atom stereocenters. The van der Waals surface area contributed by atoms with E-state index in [1.165, 1.54) is 17.7 Å². The first kappa shape index (κ1) is 27.5. The maximum Gasteiger partial charge on any atom is 0.259 e. The molecule has 0 spiro atoms. The lowest BCUT2D eigenvalue weighted by Crippen LogP contribution is -2.47. The number of aromatic amines is 1. The van der Waals surface area contributed by atoms with Crippen LogP contribution in [0.15, 0.2) is 107 Å². The number of fused-ring (bicyclic) bond motifs is 1. The Morgan fingerprint density at radius 3 is 2.15 bits per heavy atom. The van der Waals surface area contributed by atoms with Crippen LogP contribution in [0.3, 0.4) is 0 Å². The van der Waals surface area contributed by atoms with Gasteiger partial charge in [0.25, 0.3) is 5.56 Å². The summed E-state index contributed by atoms with van der Waals surface area (Å²) in [6.07, 6.45) is 0.00905. The van der Waals surface area contributed by atoms with E-state index in [1.807, 2.05) is 103 Å². The maximum atomic E-state index is 12.5. The molecular formula is C33H32N2O5S. The molecule has 1 N–H and O–H groups in total. The number of aromatic nitrogens is 2. The standard InChI is InChI=1S/C33H32N2O5S/c1-33(39-19-25-15-9-4-10-16-25)30(38-18-24-13-7-3-8-14-24)27(20-37-17-23-11-5-2-6-12-23)40-31(33)29-28-26(21-41-29)32(36)35-22-34-28/h2-16,21-22,27,30-31H,17-20H2,1H3,(H,34,35,36)/t27-,30-,31+,33-/m1/s1. The molecule has 3 aromatic carbocycles. The molecular weight excluding hydrogens is 536 g/mol. The highest BCUT2D eigenvalue weighted by Gasteiger charge is 2.57. The SMILES string of the molecule is C[C@@]1(OCc2ccccc2)[C@H](OCc2ccccc2)[C@@H](COCc2ccccc2)O[C@H]1c1scc2c(=O)[nH]cnc12. The quantitative estimate of drug-likeness (QED) is 0.204. The number of nitrogens with zero attached hydrogens (tertiary/aromatic N) is 1. The zero-order valence-corrected chi connectivity index (χ0v) is 23.6. The van der Waals surface area contributed by atoms with E-state index in [9.17, 15) is 4.79 Å². The maximum absolute atomic E-state index is 12.5. The van der Waals surface area contributed by atoms with E-state index >= 15 is 0 Å². The molecule has 0 aliphatic carbocycles. The summed E-state index contributed by atoms with van der Waals surface area (Å²) < 4.78 is 26.4. The van der Waals surface area contributed by atoms with Gasteiger partial charge in [-0.05, 0) is 23.6 Å². The predicted molar refractivity (Wildman–Crippen MR) is 159 cm³/mol. The molecule has 1 aliphatic heterocycles. The van der Waals surface area contributed by atoms with Gasteiger partial charge in [0.05, 0.1) is 48.5 Å². The average Bonchev–Trinajstić information content (AvgIpc) is 3.56. The monoisotopic (exact) mass is 568 g/mol. The number of nitrogens with one attached hydrogen (secondary N) is 1. The van der Waals surface area contributed by atoms with E-state index in [0.717, 1.165) is 21.6 Å². The van der Waals surface area contributed by atoms with Crippen LogP contribution in [0.4, 0.5) is 0 Å². The highest BCUT2D eigenvalue weighted by molar-refractivity contribution is 7.11. The summed E-state index contributed by atoms with van der Waals surface area (Å²) in [6, 6.07) is 30.2. The number of benzene rings is 3. The largest absolute Gasteiger partial charge is 0.374 e. The summed E-state index contributed by atoms with van der Waals surface area (Å²) in [5, 5.41) is 2.36. The van der Waals surface area contributed by atoms with Gasteiger partial charge in [0.1, 0.15) is 23.9 Å². The third-order valence-corrected chi connectivity index (χ3v) is 8.47. The zero-order valence-electron chi connectivity index (χ0n) is 22.8. The molecule has 41 heavy (non-hydrogen) atoms. The van der Waals surface area contributed by atoms with E-state index in [1.54, 1.807) is 0 Å². The van der Waals surface area contributed by atoms with Crippen LogP contribution in [-0.4, -0.2) is 34.4 Å². The lowest BCUT2D eigenvalue weighted by molar-refractivity contribution is -0.147. The minimum absolute atomic E-state index is 0.179. The third kappa shape index (κ3) is 6.02. The third-order valence-electron chi connectivity index (χ3n) is 7.46. The second-order valence-electron chi connectivity index (χ2n) is 10.3. The minimum atomic E-state index is -0.909. The van der Waals surface area contributed by atoms with E-state index in [4.69, 9.17) is 18.9 Å². The van der Waals surface area contributed by atoms with Crippen molar-refractivity contribution in [1.82, 2.24) is 9.97 Å². The van der Waals surface area contributed by atoms with Gasteiger partial charge in [-0.1, -0.05) is 91.0 Å². The highest BCUT2D eigenvalue weighted by atomic mass is 32.1. The van der Waals surface area contributed by atoms with Crippen LogP contribution < -0.4 is 5.56 Å². The number of ether oxygens (including phenoxy) is 4. The van der Waals surface area contributed by atoms with E-state index in [-0.39, 0.29) is 5.56 Å². The van der Waals surface area contributed by atoms with Crippen LogP contribution in [0.25, 0.3) is 10.9 Å². The average molecular weight is 569 g/mol. The van der Waals surface area contributed by atoms with Gasteiger partial charge in [-0.25, -0.2) is 4.98 Å². The van der Waals surface area contributed by atoms with Crippen molar-refractivity contribution >= 4 is 22.2 Å². The predicted octanol–water partition coefficient (Wildman–Crippen LogP) is 6.20. The fourth-order valence-electron chi connectivity index (χ4n) is 5.30. The number of hydrogen-bond donors (Lipinski definition) is 1. The van der Waals surface area contributed by atoms with E-state index in [2.05, 4.69) is 9.97 Å². The number of H-pyrrole nitrogens is 1. The Labute approximate surface area is 242 Å². The van der Waals surface area contributed by atoms with Crippen LogP contribution in [0.2, 0.25) is 0 Å². The molecule has 1 aliphatic rings. The summed E-state index contributed by atoms with van der Waals surface area (Å²) in [5.74, 6) is 0. The van der Waals surface area contributed by atoms with Crippen molar-refractivity contribution < 1.29 is 18.9 Å². The molecule has 3 heterocycles. The summed E-state index contributed by atoms with van der Waals surface area (Å²) >= 11 is 1.45. The molecule has 0 radical (unpaired) electrons. The molecule has 4 atom stereocenters. The number of hydrogen-bond acceptors (Lipinski definition) is 7. The number of thiophene rings is 1. The Bertz CT molecular complexity index is 1610. The van der Waals surface area contributed by atoms with Gasteiger partial charge in [0, 0.05) is 5.38 Å². The molecule has 1 fully saturated rings. The smallest absolute Gasteiger partial charge is 0.259 e. The highest BCUT2D eigenvalue weighted by Crippen LogP contribution is 2.49. The zero-order chi connectivity index (χ0) is 28.1. The number of rotatable bonds is 11. The van der Waals surface area contributed by atoms with E-state index < -0.39 is 23.9 Å². The topological polar surface area (TPSA) is 82.7 Å². The lowest BCUT2D eigenvalue weighted by atomic mass is 9.90. The van der Waals surface area contributed by atoms with Gasteiger partial charge in [0.15, 0.2) is 0 Å². The van der Waals surface area contributed by atoms with Crippen molar-refractivity contribution in [2.24, 2.45) is 0 Å². The van der Waals surface area contributed by atoms with Crippen molar-refractivity contribution in [3.05, 3.63) is 135 Å². The molecule has 2 aromatic heterocycles. The van der Waals surface area contributed by atoms with Gasteiger partial charge in [-0.15, -0.1) is 11.3 Å². The van der Waals surface area contributed by atoms with Gasteiger partial charge in [-0.2, -0.15) is 0 Å². The second kappa shape index (κ2) is 12.5. The fourth-order valence-corrected chi connectivity index (χ4v) is 6.45. The molecule has 1 saturated heterocycles. The van der Waals surface area contributed by atoms with Gasteiger partial charge >= 0.3 is 0 Å². The van der Waals surface area contributed by atoms with Crippen LogP contribution >= 0.6 is 11.3 Å². The van der Waals surface area contributed by atoms with E-state index in [0.29, 0.717) is 37.3 Å². The second-order valence-corrected chi connectivity index (χ2v) is 11.2. The summed E-state index contributed by atoms with van der Waals surface area (Å²) in [7, 11) is 0. The van der Waals surface area contributed by atoms with Crippen molar-refractivity contribution in [3.63, 3.8) is 0 Å². The molecule has 5 aromatic rings. The summed E-state index contributed by atoms with van der Waals surface area (Å²) in [6.45, 7) is 3.57. The van der Waals surface area contributed by atoms with Gasteiger partial charge < -0.3 is 23.9 Å². The summed E-state index contributed by atoms with van der Waals surface area (Å²) in [4.78, 5) is 20.6. The molecule has 210 valence electrons. The van der Waals surface area contributed by atoms with Gasteiger partial charge in [0.2, 0.25) is 0 Å². The normalized spacial score (nSPS) is 22.3. The Balaban J connectivity index is 1.34. The van der Waals surface area contributed by atoms with Crippen molar-refractivity contribution in [1.29, 1.82) is 0 Å². The Morgan fingerprint density at radius 1 is 0.878 bits per heavy atom. The molecule has 0 amide bonds. The van der Waals surface area contributed by atoms with Crippen LogP contribution in [0.1, 0.15) is 34.6 Å². The first-order valence-electron chi connectivity index (χ1n) is 13.7. The van der Waals surface area contributed by atoms with Crippen LogP contribution in [0.5, 0.6) is 0 Å². The Hall–Kier alpha value is -3.66. The molecule has 7 nitrogen and oxygen atoms in total. The lowest BCUT2D eigenvalue weighted by Gasteiger charge is -2.35. The molecule has 6 rings (SSSR count). The molecule has 8 heteroatoms. The minimum Gasteiger partial charge on any atom is -0.374 e. The Morgan fingerprint density at radius 2 is 1.49 bits per heavy atom. The summed E-state index contributed by atoms with van der Waals surface area (Å²) in [5.41, 5.74) is 2.71. The Kier molecular flexibility index (Phi) is 8.36. The first-order chi connectivity index (χ1) is 20.1. The fraction of sp³-hybridized carbons (Fsp3) is 0.273. The van der Waals surface area contributed by atoms with Gasteiger partial charge in [-0.3, -0.25) is 4.79 Å². The molecule has 0 saturated carbocycles.